The Bertz CT molecular complexity index is 576. The quantitative estimate of drug-likeness (QED) is 0.674. The molecule has 0 spiro atoms. The minimum absolute atomic E-state index is 0.0291. The minimum Gasteiger partial charge on any atom is -0.352 e. The average molecular weight is 366 g/mol. The van der Waals surface area contributed by atoms with Crippen molar-refractivity contribution in [2.45, 2.75) is 38.6 Å². The van der Waals surface area contributed by atoms with Gasteiger partial charge < -0.3 is 10.6 Å². The van der Waals surface area contributed by atoms with Gasteiger partial charge in [0.05, 0.1) is 6.54 Å². The number of nitrogens with zero attached hydrogens (tertiary/aromatic N) is 1. The zero-order valence-electron chi connectivity index (χ0n) is 14.5. The monoisotopic (exact) mass is 366 g/mol. The summed E-state index contributed by atoms with van der Waals surface area (Å²) in [5.74, 6) is -0.294. The van der Waals surface area contributed by atoms with Gasteiger partial charge in [0.15, 0.2) is 0 Å². The maximum absolute atomic E-state index is 12.0. The molecule has 7 nitrogen and oxygen atoms in total. The fourth-order valence-corrected chi connectivity index (χ4v) is 3.52. The van der Waals surface area contributed by atoms with Crippen LogP contribution in [0.4, 0.5) is 4.79 Å². The second kappa shape index (κ2) is 10.1. The number of urea groups is 1. The van der Waals surface area contributed by atoms with Crippen molar-refractivity contribution in [1.29, 1.82) is 0 Å². The molecule has 3 N–H and O–H groups in total. The highest BCUT2D eigenvalue weighted by molar-refractivity contribution is 7.09. The lowest BCUT2D eigenvalue weighted by Gasteiger charge is -2.32. The minimum atomic E-state index is -0.464. The van der Waals surface area contributed by atoms with E-state index in [4.69, 9.17) is 0 Å². The molecule has 0 bridgehead atoms. The topological polar surface area (TPSA) is 90.5 Å². The SMILES string of the molecule is CCC(=O)NC1CCCN(CC(=O)NC(=O)NCCc2cccs2)C1. The Morgan fingerprint density at radius 1 is 1.32 bits per heavy atom. The molecule has 1 unspecified atom stereocenters. The lowest BCUT2D eigenvalue weighted by molar-refractivity contribution is -0.122. The lowest BCUT2D eigenvalue weighted by Crippen LogP contribution is -2.51. The van der Waals surface area contributed by atoms with Gasteiger partial charge in [-0.2, -0.15) is 0 Å². The summed E-state index contributed by atoms with van der Waals surface area (Å²) in [7, 11) is 0. The fraction of sp³-hybridized carbons (Fsp3) is 0.588. The second-order valence-electron chi connectivity index (χ2n) is 6.13. The number of likely N-dealkylation sites (tertiary alicyclic amines) is 1. The molecule has 1 aromatic rings. The number of carbonyl (C=O) groups excluding carboxylic acids is 3. The molecule has 0 saturated carbocycles. The maximum Gasteiger partial charge on any atom is 0.321 e. The third kappa shape index (κ3) is 7.23. The molecule has 138 valence electrons. The third-order valence-electron chi connectivity index (χ3n) is 4.05. The van der Waals surface area contributed by atoms with Crippen molar-refractivity contribution in [2.75, 3.05) is 26.2 Å². The Morgan fingerprint density at radius 2 is 2.16 bits per heavy atom. The van der Waals surface area contributed by atoms with Crippen molar-refractivity contribution >= 4 is 29.2 Å². The van der Waals surface area contributed by atoms with Crippen LogP contribution in [0.25, 0.3) is 0 Å². The molecular formula is C17H26N4O3S. The highest BCUT2D eigenvalue weighted by Crippen LogP contribution is 2.10. The molecule has 1 aliphatic rings. The Hall–Kier alpha value is -1.93. The lowest BCUT2D eigenvalue weighted by atomic mass is 10.1. The van der Waals surface area contributed by atoms with Crippen LogP contribution in [0.5, 0.6) is 0 Å². The van der Waals surface area contributed by atoms with Crippen LogP contribution in [0.1, 0.15) is 31.1 Å². The van der Waals surface area contributed by atoms with Gasteiger partial charge in [0.2, 0.25) is 11.8 Å². The zero-order valence-corrected chi connectivity index (χ0v) is 15.4. The first-order valence-electron chi connectivity index (χ1n) is 8.68. The van der Waals surface area contributed by atoms with E-state index in [2.05, 4.69) is 16.0 Å². The summed E-state index contributed by atoms with van der Waals surface area (Å²) < 4.78 is 0. The largest absolute Gasteiger partial charge is 0.352 e. The molecule has 0 radical (unpaired) electrons. The Labute approximate surface area is 152 Å². The summed E-state index contributed by atoms with van der Waals surface area (Å²) in [5, 5.41) is 10.0. The summed E-state index contributed by atoms with van der Waals surface area (Å²) in [6.07, 6.45) is 3.06. The van der Waals surface area contributed by atoms with Gasteiger partial charge in [-0.1, -0.05) is 13.0 Å². The van der Waals surface area contributed by atoms with E-state index >= 15 is 0 Å². The van der Waals surface area contributed by atoms with Crippen molar-refractivity contribution < 1.29 is 14.4 Å². The highest BCUT2D eigenvalue weighted by atomic mass is 32.1. The van der Waals surface area contributed by atoms with Gasteiger partial charge in [-0.25, -0.2) is 4.79 Å². The van der Waals surface area contributed by atoms with Crippen molar-refractivity contribution in [3.8, 4) is 0 Å². The molecule has 25 heavy (non-hydrogen) atoms. The van der Waals surface area contributed by atoms with Crippen molar-refractivity contribution in [3.05, 3.63) is 22.4 Å². The van der Waals surface area contributed by atoms with Crippen LogP contribution >= 0.6 is 11.3 Å². The smallest absolute Gasteiger partial charge is 0.321 e. The summed E-state index contributed by atoms with van der Waals surface area (Å²) in [6, 6.07) is 3.60. The van der Waals surface area contributed by atoms with Gasteiger partial charge in [-0.3, -0.25) is 19.8 Å². The summed E-state index contributed by atoms with van der Waals surface area (Å²) in [6.45, 7) is 3.91. The van der Waals surface area contributed by atoms with Crippen molar-refractivity contribution in [2.24, 2.45) is 0 Å². The predicted octanol–water partition coefficient (Wildman–Crippen LogP) is 1.11. The summed E-state index contributed by atoms with van der Waals surface area (Å²) in [5.41, 5.74) is 0. The Morgan fingerprint density at radius 3 is 2.88 bits per heavy atom. The number of hydrogen-bond donors (Lipinski definition) is 3. The molecule has 4 amide bonds. The fourth-order valence-electron chi connectivity index (χ4n) is 2.81. The number of amides is 4. The van der Waals surface area contributed by atoms with Crippen LogP contribution in [0, 0.1) is 0 Å². The molecular weight excluding hydrogens is 340 g/mol. The number of nitrogens with one attached hydrogen (secondary N) is 3. The standard InChI is InChI=1S/C17H26N4O3S/c1-2-15(22)19-13-5-3-9-21(11-13)12-16(23)20-17(24)18-8-7-14-6-4-10-25-14/h4,6,10,13H,2-3,5,7-9,11-12H2,1H3,(H,19,22)(H2,18,20,23,24). The number of carbonyl (C=O) groups is 3. The molecule has 0 aliphatic carbocycles. The van der Waals surface area contributed by atoms with E-state index in [-0.39, 0.29) is 24.4 Å². The van der Waals surface area contributed by atoms with E-state index in [1.165, 1.54) is 4.88 Å². The maximum atomic E-state index is 12.0. The Kier molecular flexibility index (Phi) is 7.87. The van der Waals surface area contributed by atoms with Crippen LogP contribution in [-0.2, 0) is 16.0 Å². The van der Waals surface area contributed by atoms with Crippen molar-refractivity contribution in [3.63, 3.8) is 0 Å². The number of rotatable bonds is 7. The molecule has 1 fully saturated rings. The zero-order chi connectivity index (χ0) is 18.1. The molecule has 2 rings (SSSR count). The third-order valence-corrected chi connectivity index (χ3v) is 4.99. The number of thiophene rings is 1. The first kappa shape index (κ1) is 19.4. The number of imide groups is 1. The van der Waals surface area contributed by atoms with Gasteiger partial charge in [0, 0.05) is 30.4 Å². The molecule has 1 aromatic heterocycles. The highest BCUT2D eigenvalue weighted by Gasteiger charge is 2.23. The van der Waals surface area contributed by atoms with E-state index in [9.17, 15) is 14.4 Å². The van der Waals surface area contributed by atoms with E-state index < -0.39 is 6.03 Å². The van der Waals surface area contributed by atoms with Crippen LogP contribution in [0.3, 0.4) is 0 Å². The van der Waals surface area contributed by atoms with Crippen molar-refractivity contribution in [1.82, 2.24) is 20.9 Å². The second-order valence-corrected chi connectivity index (χ2v) is 7.16. The van der Waals surface area contributed by atoms with Gasteiger partial charge in [0.25, 0.3) is 0 Å². The summed E-state index contributed by atoms with van der Waals surface area (Å²) >= 11 is 1.64. The van der Waals surface area contributed by atoms with Crippen LogP contribution < -0.4 is 16.0 Å². The number of piperidine rings is 1. The Balaban J connectivity index is 1.64. The first-order valence-corrected chi connectivity index (χ1v) is 9.56. The van der Waals surface area contributed by atoms with Crippen LogP contribution in [0.2, 0.25) is 0 Å². The van der Waals surface area contributed by atoms with Crippen LogP contribution in [0.15, 0.2) is 17.5 Å². The van der Waals surface area contributed by atoms with E-state index in [1.54, 1.807) is 11.3 Å². The van der Waals surface area contributed by atoms with Gasteiger partial charge in [-0.15, -0.1) is 11.3 Å². The molecule has 1 saturated heterocycles. The predicted molar refractivity (Wildman–Crippen MR) is 97.5 cm³/mol. The first-order chi connectivity index (χ1) is 12.1. The normalized spacial score (nSPS) is 17.7. The number of hydrogen-bond acceptors (Lipinski definition) is 5. The van der Waals surface area contributed by atoms with Gasteiger partial charge in [-0.05, 0) is 37.3 Å². The molecule has 1 aliphatic heterocycles. The molecule has 1 atom stereocenters. The average Bonchev–Trinajstić information content (AvgIpc) is 3.08. The van der Waals surface area contributed by atoms with Gasteiger partial charge in [0.1, 0.15) is 0 Å². The molecule has 8 heteroatoms. The molecule has 0 aromatic carbocycles. The summed E-state index contributed by atoms with van der Waals surface area (Å²) in [4.78, 5) is 38.4. The van der Waals surface area contributed by atoms with Crippen LogP contribution in [-0.4, -0.2) is 55.0 Å². The molecule has 2 heterocycles. The van der Waals surface area contributed by atoms with Gasteiger partial charge >= 0.3 is 6.03 Å². The van der Waals surface area contributed by atoms with E-state index in [1.807, 2.05) is 29.3 Å². The van der Waals surface area contributed by atoms with E-state index in [0.29, 0.717) is 19.5 Å². The van der Waals surface area contributed by atoms with E-state index in [0.717, 1.165) is 25.8 Å².